The molecule has 1 amide bonds. The van der Waals surface area contributed by atoms with Crippen LogP contribution in [0.3, 0.4) is 0 Å². The number of likely N-dealkylation sites (tertiary alicyclic amines) is 1. The van der Waals surface area contributed by atoms with Gasteiger partial charge in [-0.3, -0.25) is 9.79 Å². The summed E-state index contributed by atoms with van der Waals surface area (Å²) >= 11 is 0. The highest BCUT2D eigenvalue weighted by Gasteiger charge is 2.32. The number of carbonyl (C=O) groups excluding carboxylic acids is 1. The summed E-state index contributed by atoms with van der Waals surface area (Å²) in [5, 5.41) is 6.40. The number of nitrogens with one attached hydrogen (secondary N) is 2. The summed E-state index contributed by atoms with van der Waals surface area (Å²) in [4.78, 5) is 18.1. The number of carbonyl (C=O) groups is 1. The summed E-state index contributed by atoms with van der Waals surface area (Å²) in [5.74, 6) is 0.841. The van der Waals surface area contributed by atoms with Gasteiger partial charge in [-0.05, 0) is 31.4 Å². The number of amides is 1. The zero-order valence-corrected chi connectivity index (χ0v) is 17.4. The zero-order valence-electron chi connectivity index (χ0n) is 17.4. The summed E-state index contributed by atoms with van der Waals surface area (Å²) in [6.45, 7) is 8.97. The molecule has 1 saturated heterocycles. The third-order valence-corrected chi connectivity index (χ3v) is 5.02. The van der Waals surface area contributed by atoms with Crippen molar-refractivity contribution in [3.05, 3.63) is 35.4 Å². The third kappa shape index (κ3) is 6.94. The minimum Gasteiger partial charge on any atom is -0.357 e. The van der Waals surface area contributed by atoms with Crippen LogP contribution in [0, 0.1) is 0 Å². The van der Waals surface area contributed by atoms with Gasteiger partial charge in [-0.15, -0.1) is 0 Å². The molecule has 1 fully saturated rings. The number of guanidine groups is 1. The van der Waals surface area contributed by atoms with E-state index in [1.165, 1.54) is 12.1 Å². The lowest BCUT2D eigenvalue weighted by atomic mass is 9.84. The molecule has 0 saturated carbocycles. The van der Waals surface area contributed by atoms with Gasteiger partial charge in [-0.2, -0.15) is 13.2 Å². The first kappa shape index (κ1) is 23.0. The molecule has 1 aliphatic heterocycles. The van der Waals surface area contributed by atoms with E-state index in [1.54, 1.807) is 6.07 Å². The molecule has 5 nitrogen and oxygen atoms in total. The van der Waals surface area contributed by atoms with E-state index in [1.807, 2.05) is 25.7 Å². The summed E-state index contributed by atoms with van der Waals surface area (Å²) in [6, 6.07) is 5.42. The summed E-state index contributed by atoms with van der Waals surface area (Å²) in [6.07, 6.45) is -1.97. The van der Waals surface area contributed by atoms with E-state index >= 15 is 0 Å². The quantitative estimate of drug-likeness (QED) is 0.390. The molecule has 29 heavy (non-hydrogen) atoms. The molecule has 1 heterocycles. The second kappa shape index (κ2) is 9.98. The third-order valence-electron chi connectivity index (χ3n) is 5.02. The van der Waals surface area contributed by atoms with Crippen LogP contribution in [-0.2, 0) is 16.4 Å². The van der Waals surface area contributed by atoms with Crippen molar-refractivity contribution in [1.82, 2.24) is 15.5 Å². The molecule has 0 bridgehead atoms. The van der Waals surface area contributed by atoms with Gasteiger partial charge in [-0.25, -0.2) is 0 Å². The van der Waals surface area contributed by atoms with Gasteiger partial charge in [0.15, 0.2) is 5.96 Å². The average molecular weight is 413 g/mol. The number of nitrogens with zero attached hydrogens (tertiary/aromatic N) is 2. The Morgan fingerprint density at radius 1 is 1.21 bits per heavy atom. The lowest BCUT2D eigenvalue weighted by Crippen LogP contribution is -2.40. The topological polar surface area (TPSA) is 56.7 Å². The summed E-state index contributed by atoms with van der Waals surface area (Å²) in [7, 11) is 0. The van der Waals surface area contributed by atoms with E-state index in [4.69, 9.17) is 0 Å². The fraction of sp³-hybridized carbons (Fsp3) is 0.619. The van der Waals surface area contributed by atoms with Crippen LogP contribution in [0.2, 0.25) is 0 Å². The van der Waals surface area contributed by atoms with Gasteiger partial charge in [0.1, 0.15) is 0 Å². The Balaban J connectivity index is 1.94. The minimum atomic E-state index is -4.36. The molecule has 2 rings (SSSR count). The second-order valence-electron chi connectivity index (χ2n) is 7.92. The number of rotatable bonds is 8. The van der Waals surface area contributed by atoms with Crippen molar-refractivity contribution in [2.45, 2.75) is 51.6 Å². The van der Waals surface area contributed by atoms with Gasteiger partial charge in [-0.1, -0.05) is 32.0 Å². The van der Waals surface area contributed by atoms with Crippen molar-refractivity contribution < 1.29 is 18.0 Å². The van der Waals surface area contributed by atoms with Gasteiger partial charge in [0.2, 0.25) is 5.91 Å². The maximum atomic E-state index is 13.0. The summed E-state index contributed by atoms with van der Waals surface area (Å²) in [5.41, 5.74) is -0.598. The second-order valence-corrected chi connectivity index (χ2v) is 7.92. The zero-order chi connectivity index (χ0) is 21.5. The van der Waals surface area contributed by atoms with Crippen molar-refractivity contribution in [3.8, 4) is 0 Å². The van der Waals surface area contributed by atoms with Gasteiger partial charge in [0, 0.05) is 38.0 Å². The van der Waals surface area contributed by atoms with Crippen molar-refractivity contribution in [1.29, 1.82) is 0 Å². The molecule has 0 radical (unpaired) electrons. The van der Waals surface area contributed by atoms with Gasteiger partial charge in [0.25, 0.3) is 0 Å². The Labute approximate surface area is 170 Å². The molecule has 0 spiro atoms. The Bertz CT molecular complexity index is 716. The fourth-order valence-corrected chi connectivity index (χ4v) is 3.24. The standard InChI is InChI=1S/C21H31F3N4O/c1-4-25-19(26-11-7-13-28-12-6-10-18(28)29)27-15-20(2,3)16-8-5-9-17(14-16)21(22,23)24/h5,8-9,14H,4,6-7,10-13,15H2,1-3H3,(H2,25,26,27). The van der Waals surface area contributed by atoms with Crippen LogP contribution >= 0.6 is 0 Å². The first-order valence-corrected chi connectivity index (χ1v) is 10.1. The van der Waals surface area contributed by atoms with Crippen LogP contribution in [0.5, 0.6) is 0 Å². The first-order valence-electron chi connectivity index (χ1n) is 10.1. The molecule has 0 aliphatic carbocycles. The predicted molar refractivity (Wildman–Crippen MR) is 109 cm³/mol. The van der Waals surface area contributed by atoms with Crippen LogP contribution in [0.15, 0.2) is 29.3 Å². The Morgan fingerprint density at radius 3 is 2.55 bits per heavy atom. The molecule has 1 aliphatic rings. The van der Waals surface area contributed by atoms with E-state index in [0.29, 0.717) is 37.6 Å². The van der Waals surface area contributed by atoms with E-state index in [2.05, 4.69) is 15.6 Å². The number of hydrogen-bond acceptors (Lipinski definition) is 2. The first-order chi connectivity index (χ1) is 13.6. The van der Waals surface area contributed by atoms with E-state index < -0.39 is 17.2 Å². The molecular weight excluding hydrogens is 381 g/mol. The van der Waals surface area contributed by atoms with E-state index in [-0.39, 0.29) is 5.91 Å². The monoisotopic (exact) mass is 412 g/mol. The van der Waals surface area contributed by atoms with Crippen LogP contribution in [0.25, 0.3) is 0 Å². The highest BCUT2D eigenvalue weighted by atomic mass is 19.4. The number of benzene rings is 1. The molecule has 2 N–H and O–H groups in total. The SMILES string of the molecule is CCNC(=NCC(C)(C)c1cccc(C(F)(F)F)c1)NCCCN1CCCC1=O. The highest BCUT2D eigenvalue weighted by molar-refractivity contribution is 5.80. The minimum absolute atomic E-state index is 0.216. The van der Waals surface area contributed by atoms with Crippen LogP contribution < -0.4 is 10.6 Å². The van der Waals surface area contributed by atoms with Crippen LogP contribution in [-0.4, -0.2) is 49.5 Å². The lowest BCUT2D eigenvalue weighted by molar-refractivity contribution is -0.137. The largest absolute Gasteiger partial charge is 0.416 e. The Hall–Kier alpha value is -2.25. The molecule has 0 atom stereocenters. The van der Waals surface area contributed by atoms with Crippen molar-refractivity contribution in [2.75, 3.05) is 32.7 Å². The number of hydrogen-bond donors (Lipinski definition) is 2. The number of halogens is 3. The normalized spacial score (nSPS) is 15.7. The molecule has 1 aromatic carbocycles. The molecule has 1 aromatic rings. The maximum absolute atomic E-state index is 13.0. The van der Waals surface area contributed by atoms with Crippen molar-refractivity contribution in [2.24, 2.45) is 4.99 Å². The predicted octanol–water partition coefficient (Wildman–Crippen LogP) is 3.55. The molecule has 0 unspecified atom stereocenters. The Kier molecular flexibility index (Phi) is 7.93. The Morgan fingerprint density at radius 2 is 1.93 bits per heavy atom. The molecule has 8 heteroatoms. The van der Waals surface area contributed by atoms with Gasteiger partial charge >= 0.3 is 6.18 Å². The lowest BCUT2D eigenvalue weighted by Gasteiger charge is -2.25. The van der Waals surface area contributed by atoms with Crippen molar-refractivity contribution >= 4 is 11.9 Å². The maximum Gasteiger partial charge on any atom is 0.416 e. The number of aliphatic imine (C=N–C) groups is 1. The average Bonchev–Trinajstić information content (AvgIpc) is 3.07. The smallest absolute Gasteiger partial charge is 0.357 e. The van der Waals surface area contributed by atoms with Crippen molar-refractivity contribution in [3.63, 3.8) is 0 Å². The van der Waals surface area contributed by atoms with Gasteiger partial charge in [0.05, 0.1) is 12.1 Å². The highest BCUT2D eigenvalue weighted by Crippen LogP contribution is 2.32. The van der Waals surface area contributed by atoms with E-state index in [0.717, 1.165) is 32.0 Å². The fourth-order valence-electron chi connectivity index (χ4n) is 3.24. The number of alkyl halides is 3. The molecular formula is C21H31F3N4O. The van der Waals surface area contributed by atoms with Gasteiger partial charge < -0.3 is 15.5 Å². The molecule has 162 valence electrons. The van der Waals surface area contributed by atoms with E-state index in [9.17, 15) is 18.0 Å². The van der Waals surface area contributed by atoms with Crippen LogP contribution in [0.4, 0.5) is 13.2 Å². The molecule has 0 aromatic heterocycles. The van der Waals surface area contributed by atoms with Crippen LogP contribution in [0.1, 0.15) is 51.2 Å². The summed E-state index contributed by atoms with van der Waals surface area (Å²) < 4.78 is 39.0.